The zero-order chi connectivity index (χ0) is 8.15. The summed E-state index contributed by atoms with van der Waals surface area (Å²) in [5.74, 6) is 0. The predicted molar refractivity (Wildman–Crippen MR) is 45.0 cm³/mol. The van der Waals surface area contributed by atoms with E-state index in [2.05, 4.69) is 13.2 Å². The molecule has 0 aromatic rings. The molecule has 0 heterocycles. The molecular formula is C8H14N2. The van der Waals surface area contributed by atoms with Gasteiger partial charge in [0.2, 0.25) is 0 Å². The molecule has 0 aliphatic carbocycles. The average Bonchev–Trinajstić information content (AvgIpc) is 1.82. The van der Waals surface area contributed by atoms with Gasteiger partial charge in [-0.05, 0) is 13.0 Å². The van der Waals surface area contributed by atoms with Gasteiger partial charge >= 0.3 is 0 Å². The fraction of sp³-hybridized carbons (Fsp3) is 0.250. The highest BCUT2D eigenvalue weighted by Crippen LogP contribution is 1.96. The maximum absolute atomic E-state index is 5.30. The summed E-state index contributed by atoms with van der Waals surface area (Å²) in [7, 11) is 1.90. The van der Waals surface area contributed by atoms with E-state index in [0.717, 1.165) is 5.70 Å². The summed E-state index contributed by atoms with van der Waals surface area (Å²) in [6.07, 6.45) is 3.55. The molecule has 0 bridgehead atoms. The standard InChI is InChI=1S/C8H14N2/c1-7(2)10(4)6-5-8(3)9/h5-6H,1,3,9H2,2,4H3/b6-5-. The van der Waals surface area contributed by atoms with Crippen LogP contribution in [0.2, 0.25) is 0 Å². The first kappa shape index (κ1) is 8.82. The summed E-state index contributed by atoms with van der Waals surface area (Å²) < 4.78 is 0. The third-order valence-electron chi connectivity index (χ3n) is 1.11. The lowest BCUT2D eigenvalue weighted by atomic mass is 10.4. The minimum absolute atomic E-state index is 0.549. The first-order valence-corrected chi connectivity index (χ1v) is 3.05. The van der Waals surface area contributed by atoms with Crippen LogP contribution in [0.1, 0.15) is 6.92 Å². The Morgan fingerprint density at radius 2 is 2.00 bits per heavy atom. The molecule has 2 nitrogen and oxygen atoms in total. The van der Waals surface area contributed by atoms with Crippen LogP contribution in [0.5, 0.6) is 0 Å². The van der Waals surface area contributed by atoms with E-state index < -0.39 is 0 Å². The number of allylic oxidation sites excluding steroid dienone is 2. The summed E-state index contributed by atoms with van der Waals surface area (Å²) in [4.78, 5) is 1.87. The van der Waals surface area contributed by atoms with Gasteiger partial charge in [0.05, 0.1) is 0 Å². The lowest BCUT2D eigenvalue weighted by Gasteiger charge is -2.11. The predicted octanol–water partition coefficient (Wildman–Crippen LogP) is 1.44. The molecule has 0 amide bonds. The minimum Gasteiger partial charge on any atom is -0.399 e. The molecule has 0 aromatic heterocycles. The highest BCUT2D eigenvalue weighted by atomic mass is 15.1. The van der Waals surface area contributed by atoms with Crippen molar-refractivity contribution in [2.75, 3.05) is 7.05 Å². The SMILES string of the molecule is C=C(N)/C=C\N(C)C(=C)C. The van der Waals surface area contributed by atoms with Crippen molar-refractivity contribution in [3.63, 3.8) is 0 Å². The van der Waals surface area contributed by atoms with Crippen molar-refractivity contribution in [2.45, 2.75) is 6.92 Å². The van der Waals surface area contributed by atoms with Crippen molar-refractivity contribution >= 4 is 0 Å². The van der Waals surface area contributed by atoms with Gasteiger partial charge in [0, 0.05) is 24.6 Å². The Labute approximate surface area is 62.3 Å². The third kappa shape index (κ3) is 3.78. The Hall–Kier alpha value is -1.18. The highest BCUT2D eigenvalue weighted by molar-refractivity contribution is 5.10. The van der Waals surface area contributed by atoms with Crippen LogP contribution < -0.4 is 5.73 Å². The van der Waals surface area contributed by atoms with E-state index in [4.69, 9.17) is 5.73 Å². The molecule has 0 saturated heterocycles. The van der Waals surface area contributed by atoms with Crippen LogP contribution in [0.25, 0.3) is 0 Å². The molecule has 0 aliphatic heterocycles. The Morgan fingerprint density at radius 1 is 1.50 bits per heavy atom. The number of nitrogens with zero attached hydrogens (tertiary/aromatic N) is 1. The van der Waals surface area contributed by atoms with Crippen molar-refractivity contribution in [1.82, 2.24) is 4.90 Å². The van der Waals surface area contributed by atoms with Crippen molar-refractivity contribution in [3.8, 4) is 0 Å². The summed E-state index contributed by atoms with van der Waals surface area (Å²) in [5.41, 5.74) is 6.82. The lowest BCUT2D eigenvalue weighted by molar-refractivity contribution is 0.573. The Balaban J connectivity index is 3.89. The van der Waals surface area contributed by atoms with Gasteiger partial charge < -0.3 is 10.6 Å². The number of rotatable bonds is 3. The average molecular weight is 138 g/mol. The molecule has 0 atom stereocenters. The Kier molecular flexibility index (Phi) is 3.33. The van der Waals surface area contributed by atoms with Gasteiger partial charge in [0.25, 0.3) is 0 Å². The van der Waals surface area contributed by atoms with Crippen molar-refractivity contribution in [2.24, 2.45) is 5.73 Å². The maximum atomic E-state index is 5.30. The maximum Gasteiger partial charge on any atom is 0.0255 e. The van der Waals surface area contributed by atoms with Crippen LogP contribution in [0.15, 0.2) is 36.8 Å². The van der Waals surface area contributed by atoms with Crippen molar-refractivity contribution in [1.29, 1.82) is 0 Å². The van der Waals surface area contributed by atoms with E-state index in [-0.39, 0.29) is 0 Å². The van der Waals surface area contributed by atoms with E-state index >= 15 is 0 Å². The molecule has 10 heavy (non-hydrogen) atoms. The molecule has 56 valence electrons. The second-order valence-electron chi connectivity index (χ2n) is 2.24. The van der Waals surface area contributed by atoms with Gasteiger partial charge in [-0.2, -0.15) is 0 Å². The van der Waals surface area contributed by atoms with Gasteiger partial charge in [-0.1, -0.05) is 13.2 Å². The molecule has 0 radical (unpaired) electrons. The molecule has 2 heteroatoms. The summed E-state index contributed by atoms with van der Waals surface area (Å²) in [6, 6.07) is 0. The highest BCUT2D eigenvalue weighted by Gasteiger charge is 1.87. The van der Waals surface area contributed by atoms with Gasteiger partial charge in [-0.3, -0.25) is 0 Å². The number of nitrogens with two attached hydrogens (primary N) is 1. The van der Waals surface area contributed by atoms with Gasteiger partial charge in [0.1, 0.15) is 0 Å². The molecular weight excluding hydrogens is 124 g/mol. The molecule has 0 unspecified atom stereocenters. The quantitative estimate of drug-likeness (QED) is 0.598. The second-order valence-corrected chi connectivity index (χ2v) is 2.24. The zero-order valence-electron chi connectivity index (χ0n) is 6.59. The monoisotopic (exact) mass is 138 g/mol. The lowest BCUT2D eigenvalue weighted by Crippen LogP contribution is -2.06. The summed E-state index contributed by atoms with van der Waals surface area (Å²) >= 11 is 0. The van der Waals surface area contributed by atoms with Crippen LogP contribution in [0.3, 0.4) is 0 Å². The van der Waals surface area contributed by atoms with E-state index in [0.29, 0.717) is 5.70 Å². The zero-order valence-corrected chi connectivity index (χ0v) is 6.59. The molecule has 0 spiro atoms. The Bertz CT molecular complexity index is 168. The van der Waals surface area contributed by atoms with E-state index in [1.807, 2.05) is 25.1 Å². The summed E-state index contributed by atoms with van der Waals surface area (Å²) in [6.45, 7) is 9.18. The van der Waals surface area contributed by atoms with E-state index in [1.54, 1.807) is 6.08 Å². The smallest absolute Gasteiger partial charge is 0.0255 e. The second kappa shape index (κ2) is 3.77. The molecule has 0 saturated carbocycles. The van der Waals surface area contributed by atoms with E-state index in [1.165, 1.54) is 0 Å². The fourth-order valence-electron chi connectivity index (χ4n) is 0.335. The molecule has 0 fully saturated rings. The minimum atomic E-state index is 0.549. The van der Waals surface area contributed by atoms with Crippen molar-refractivity contribution < 1.29 is 0 Å². The van der Waals surface area contributed by atoms with Crippen molar-refractivity contribution in [3.05, 3.63) is 36.8 Å². The fourth-order valence-corrected chi connectivity index (χ4v) is 0.335. The van der Waals surface area contributed by atoms with Crippen LogP contribution in [0, 0.1) is 0 Å². The van der Waals surface area contributed by atoms with Crippen LogP contribution >= 0.6 is 0 Å². The molecule has 2 N–H and O–H groups in total. The first-order chi connectivity index (χ1) is 4.54. The number of hydrogen-bond donors (Lipinski definition) is 1. The molecule has 0 aromatic carbocycles. The largest absolute Gasteiger partial charge is 0.399 e. The molecule has 0 aliphatic rings. The van der Waals surface area contributed by atoms with Crippen LogP contribution in [-0.4, -0.2) is 11.9 Å². The summed E-state index contributed by atoms with van der Waals surface area (Å²) in [5, 5.41) is 0. The van der Waals surface area contributed by atoms with Gasteiger partial charge in [-0.25, -0.2) is 0 Å². The third-order valence-corrected chi connectivity index (χ3v) is 1.11. The van der Waals surface area contributed by atoms with Gasteiger partial charge in [0.15, 0.2) is 0 Å². The Morgan fingerprint density at radius 3 is 2.30 bits per heavy atom. The van der Waals surface area contributed by atoms with Gasteiger partial charge in [-0.15, -0.1) is 0 Å². The molecule has 0 rings (SSSR count). The topological polar surface area (TPSA) is 29.3 Å². The normalized spacial score (nSPS) is 9.80. The first-order valence-electron chi connectivity index (χ1n) is 3.05. The van der Waals surface area contributed by atoms with Crippen LogP contribution in [0.4, 0.5) is 0 Å². The van der Waals surface area contributed by atoms with Crippen LogP contribution in [-0.2, 0) is 0 Å². The van der Waals surface area contributed by atoms with E-state index in [9.17, 15) is 0 Å². The number of hydrogen-bond acceptors (Lipinski definition) is 2.